The third kappa shape index (κ3) is 4.64. The molecule has 0 aliphatic heterocycles. The number of hydrogen-bond acceptors (Lipinski definition) is 4. The van der Waals surface area contributed by atoms with Gasteiger partial charge in [-0.1, -0.05) is 41.9 Å². The topological polar surface area (TPSA) is 62.5 Å². The number of carboxylic acids is 1. The van der Waals surface area contributed by atoms with E-state index >= 15 is 0 Å². The van der Waals surface area contributed by atoms with E-state index in [1.807, 2.05) is 24.3 Å². The minimum Gasteiger partial charge on any atom is -0.542 e. The first-order valence-corrected chi connectivity index (χ1v) is 8.25. The second-order valence-corrected chi connectivity index (χ2v) is 6.00. The van der Waals surface area contributed by atoms with Crippen molar-refractivity contribution in [2.24, 2.45) is 0 Å². The normalized spacial score (nSPS) is 10.6. The number of ether oxygens (including phenoxy) is 1. The molecular formula is C20H16ClO4-. The molecule has 0 saturated heterocycles. The Hall–Kier alpha value is -2.72. The SMILES string of the molecule is O=C([O-])c1ccc(Cc2cc(Cl)ccc2OCCc2ccccc2)o1. The fourth-order valence-electron chi connectivity index (χ4n) is 2.52. The van der Waals surface area contributed by atoms with E-state index in [1.165, 1.54) is 11.6 Å². The second-order valence-electron chi connectivity index (χ2n) is 5.57. The average molecular weight is 356 g/mol. The van der Waals surface area contributed by atoms with E-state index in [9.17, 15) is 9.90 Å². The molecule has 0 atom stereocenters. The molecule has 0 N–H and O–H groups in total. The Balaban J connectivity index is 1.70. The summed E-state index contributed by atoms with van der Waals surface area (Å²) < 4.78 is 11.2. The van der Waals surface area contributed by atoms with Crippen molar-refractivity contribution in [3.05, 3.63) is 88.3 Å². The first-order valence-electron chi connectivity index (χ1n) is 7.87. The maximum absolute atomic E-state index is 10.8. The van der Waals surface area contributed by atoms with Crippen LogP contribution in [0.15, 0.2) is 65.1 Å². The largest absolute Gasteiger partial charge is 0.542 e. The van der Waals surface area contributed by atoms with Gasteiger partial charge in [0.05, 0.1) is 6.61 Å². The van der Waals surface area contributed by atoms with Crippen LogP contribution in [0.1, 0.15) is 27.4 Å². The molecule has 5 heteroatoms. The number of carboxylic acid groups (broad SMARTS) is 1. The van der Waals surface area contributed by atoms with Gasteiger partial charge in [-0.15, -0.1) is 0 Å². The van der Waals surface area contributed by atoms with E-state index in [4.69, 9.17) is 20.8 Å². The van der Waals surface area contributed by atoms with Gasteiger partial charge in [-0.3, -0.25) is 0 Å². The molecule has 1 aromatic heterocycles. The summed E-state index contributed by atoms with van der Waals surface area (Å²) in [5.41, 5.74) is 2.03. The highest BCUT2D eigenvalue weighted by Gasteiger charge is 2.10. The number of rotatable bonds is 7. The predicted octanol–water partition coefficient (Wildman–Crippen LogP) is 3.51. The number of hydrogen-bond donors (Lipinski definition) is 0. The molecule has 0 saturated carbocycles. The Morgan fingerprint density at radius 3 is 2.60 bits per heavy atom. The molecule has 0 fully saturated rings. The first kappa shape index (κ1) is 17.1. The number of halogens is 1. The van der Waals surface area contributed by atoms with E-state index < -0.39 is 5.97 Å². The third-order valence-corrected chi connectivity index (χ3v) is 3.98. The van der Waals surface area contributed by atoms with Gasteiger partial charge in [0.2, 0.25) is 0 Å². The molecule has 2 aromatic carbocycles. The molecule has 3 rings (SSSR count). The van der Waals surface area contributed by atoms with Crippen LogP contribution in [0.2, 0.25) is 5.02 Å². The van der Waals surface area contributed by atoms with Crippen molar-refractivity contribution in [1.29, 1.82) is 0 Å². The number of benzene rings is 2. The zero-order valence-electron chi connectivity index (χ0n) is 13.4. The summed E-state index contributed by atoms with van der Waals surface area (Å²) in [5, 5.41) is 11.4. The van der Waals surface area contributed by atoms with Gasteiger partial charge in [0.25, 0.3) is 0 Å². The zero-order valence-corrected chi connectivity index (χ0v) is 14.2. The maximum Gasteiger partial charge on any atom is 0.149 e. The molecule has 3 aromatic rings. The molecule has 4 nitrogen and oxygen atoms in total. The van der Waals surface area contributed by atoms with E-state index in [1.54, 1.807) is 18.2 Å². The summed E-state index contributed by atoms with van der Waals surface area (Å²) in [7, 11) is 0. The van der Waals surface area contributed by atoms with E-state index in [0.717, 1.165) is 12.0 Å². The lowest BCUT2D eigenvalue weighted by Gasteiger charge is -2.11. The molecule has 0 unspecified atom stereocenters. The van der Waals surface area contributed by atoms with Crippen LogP contribution in [-0.4, -0.2) is 12.6 Å². The summed E-state index contributed by atoms with van der Waals surface area (Å²) in [5.74, 6) is -0.318. The fourth-order valence-corrected chi connectivity index (χ4v) is 2.72. The highest BCUT2D eigenvalue weighted by molar-refractivity contribution is 6.30. The molecule has 0 radical (unpaired) electrons. The molecule has 0 spiro atoms. The lowest BCUT2D eigenvalue weighted by Crippen LogP contribution is -2.21. The molecule has 25 heavy (non-hydrogen) atoms. The third-order valence-electron chi connectivity index (χ3n) is 3.74. The van der Waals surface area contributed by atoms with Gasteiger partial charge < -0.3 is 19.1 Å². The van der Waals surface area contributed by atoms with Crippen molar-refractivity contribution in [3.8, 4) is 5.75 Å². The molecule has 0 amide bonds. The Morgan fingerprint density at radius 2 is 1.88 bits per heavy atom. The Labute approximate surface area is 150 Å². The number of carbonyl (C=O) groups is 1. The lowest BCUT2D eigenvalue weighted by atomic mass is 10.1. The van der Waals surface area contributed by atoms with Gasteiger partial charge >= 0.3 is 0 Å². The van der Waals surface area contributed by atoms with Crippen molar-refractivity contribution < 1.29 is 19.1 Å². The van der Waals surface area contributed by atoms with Crippen LogP contribution >= 0.6 is 11.6 Å². The van der Waals surface area contributed by atoms with Crippen LogP contribution in [0.5, 0.6) is 5.75 Å². The lowest BCUT2D eigenvalue weighted by molar-refractivity contribution is -0.257. The average Bonchev–Trinajstić information content (AvgIpc) is 3.07. The standard InChI is InChI=1S/C20H17ClO4/c21-16-6-8-18(24-11-10-14-4-2-1-3-5-14)15(12-16)13-17-7-9-19(25-17)20(22)23/h1-9,12H,10-11,13H2,(H,22,23)/p-1. The summed E-state index contributed by atoms with van der Waals surface area (Å²) in [6.45, 7) is 0.529. The van der Waals surface area contributed by atoms with Crippen molar-refractivity contribution in [1.82, 2.24) is 0 Å². The molecule has 128 valence electrons. The molecule has 1 heterocycles. The van der Waals surface area contributed by atoms with Crippen molar-refractivity contribution in [3.63, 3.8) is 0 Å². The van der Waals surface area contributed by atoms with Gasteiger partial charge in [-0.05, 0) is 35.9 Å². The Morgan fingerprint density at radius 1 is 1.08 bits per heavy atom. The number of carbonyl (C=O) groups excluding carboxylic acids is 1. The fraction of sp³-hybridized carbons (Fsp3) is 0.150. The number of aromatic carboxylic acids is 1. The van der Waals surface area contributed by atoms with Crippen molar-refractivity contribution in [2.75, 3.05) is 6.61 Å². The van der Waals surface area contributed by atoms with Crippen LogP contribution in [-0.2, 0) is 12.8 Å². The molecule has 0 aliphatic carbocycles. The van der Waals surface area contributed by atoms with E-state index in [0.29, 0.717) is 29.6 Å². The molecule has 0 bridgehead atoms. The van der Waals surface area contributed by atoms with Crippen LogP contribution in [0.4, 0.5) is 0 Å². The highest BCUT2D eigenvalue weighted by Crippen LogP contribution is 2.26. The predicted molar refractivity (Wildman–Crippen MR) is 92.9 cm³/mol. The summed E-state index contributed by atoms with van der Waals surface area (Å²) in [4.78, 5) is 10.8. The molecular weight excluding hydrogens is 340 g/mol. The van der Waals surface area contributed by atoms with Crippen LogP contribution in [0.25, 0.3) is 0 Å². The van der Waals surface area contributed by atoms with Crippen LogP contribution in [0.3, 0.4) is 0 Å². The monoisotopic (exact) mass is 355 g/mol. The van der Waals surface area contributed by atoms with Crippen molar-refractivity contribution >= 4 is 17.6 Å². The van der Waals surface area contributed by atoms with Crippen LogP contribution in [0, 0.1) is 0 Å². The van der Waals surface area contributed by atoms with Gasteiger partial charge in [-0.25, -0.2) is 0 Å². The summed E-state index contributed by atoms with van der Waals surface area (Å²) >= 11 is 6.08. The van der Waals surface area contributed by atoms with Gasteiger partial charge in [0.1, 0.15) is 23.2 Å². The highest BCUT2D eigenvalue weighted by atomic mass is 35.5. The van der Waals surface area contributed by atoms with Gasteiger partial charge in [0, 0.05) is 23.4 Å². The zero-order chi connectivity index (χ0) is 17.6. The van der Waals surface area contributed by atoms with E-state index in [2.05, 4.69) is 12.1 Å². The number of furan rings is 1. The first-order chi connectivity index (χ1) is 12.1. The van der Waals surface area contributed by atoms with Crippen LogP contribution < -0.4 is 9.84 Å². The van der Waals surface area contributed by atoms with E-state index in [-0.39, 0.29) is 5.76 Å². The smallest absolute Gasteiger partial charge is 0.149 e. The summed E-state index contributed by atoms with van der Waals surface area (Å²) in [6.07, 6.45) is 1.17. The van der Waals surface area contributed by atoms with Gasteiger partial charge in [0.15, 0.2) is 0 Å². The summed E-state index contributed by atoms with van der Waals surface area (Å²) in [6, 6.07) is 18.4. The Bertz CT molecular complexity index is 855. The van der Waals surface area contributed by atoms with Gasteiger partial charge in [-0.2, -0.15) is 0 Å². The minimum absolute atomic E-state index is 0.191. The minimum atomic E-state index is -1.34. The second kappa shape index (κ2) is 7.90. The Kier molecular flexibility index (Phi) is 5.41. The maximum atomic E-state index is 10.8. The van der Waals surface area contributed by atoms with Crippen molar-refractivity contribution in [2.45, 2.75) is 12.8 Å². The quantitative estimate of drug-likeness (QED) is 0.650. The molecule has 0 aliphatic rings.